The van der Waals surface area contributed by atoms with Gasteiger partial charge in [-0.2, -0.15) is 0 Å². The largest absolute Gasteiger partial charge is 0.423 e. The van der Waals surface area contributed by atoms with E-state index in [1.165, 1.54) is 6.07 Å². The Kier molecular flexibility index (Phi) is 1.87. The van der Waals surface area contributed by atoms with Crippen LogP contribution in [0.5, 0.6) is 0 Å². The average Bonchev–Trinajstić information content (AvgIpc) is 2.16. The van der Waals surface area contributed by atoms with Gasteiger partial charge in [-0.15, -0.1) is 0 Å². The molecule has 1 aromatic carbocycles. The van der Waals surface area contributed by atoms with Gasteiger partial charge < -0.3 is 10.2 Å². The van der Waals surface area contributed by atoms with E-state index in [2.05, 4.69) is 0 Å². The highest BCUT2D eigenvalue weighted by molar-refractivity contribution is 5.80. The second kappa shape index (κ2) is 3.03. The predicted octanol–water partition coefficient (Wildman–Crippen LogP) is 1.25. The third-order valence-electron chi connectivity index (χ3n) is 1.97. The van der Waals surface area contributed by atoms with Crippen molar-refractivity contribution in [2.24, 2.45) is 5.73 Å². The fraction of sp³-hybridized carbons (Fsp3) is 0.100. The molecule has 0 saturated heterocycles. The minimum absolute atomic E-state index is 0.332. The molecule has 0 aliphatic rings. The van der Waals surface area contributed by atoms with Gasteiger partial charge in [0.1, 0.15) is 5.58 Å². The van der Waals surface area contributed by atoms with E-state index in [9.17, 15) is 4.79 Å². The van der Waals surface area contributed by atoms with E-state index in [0.717, 1.165) is 10.9 Å². The van der Waals surface area contributed by atoms with Crippen molar-refractivity contribution >= 4 is 11.0 Å². The first kappa shape index (κ1) is 8.01. The number of fused-ring (bicyclic) bond motifs is 1. The summed E-state index contributed by atoms with van der Waals surface area (Å²) in [7, 11) is 0. The molecule has 3 nitrogen and oxygen atoms in total. The molecule has 0 aliphatic carbocycles. The summed E-state index contributed by atoms with van der Waals surface area (Å²) in [6, 6.07) is 8.65. The van der Waals surface area contributed by atoms with Crippen LogP contribution in [0.4, 0.5) is 0 Å². The molecule has 66 valence electrons. The number of nitrogens with two attached hydrogens (primary N) is 1. The second-order valence-electron chi connectivity index (χ2n) is 2.79. The SMILES string of the molecule is NCc1cccc2oc(=O)ccc12. The van der Waals surface area contributed by atoms with Crippen molar-refractivity contribution in [1.82, 2.24) is 0 Å². The van der Waals surface area contributed by atoms with E-state index in [4.69, 9.17) is 10.2 Å². The molecular weight excluding hydrogens is 166 g/mol. The van der Waals surface area contributed by atoms with Crippen LogP contribution in [0.2, 0.25) is 0 Å². The Morgan fingerprint density at radius 1 is 1.23 bits per heavy atom. The van der Waals surface area contributed by atoms with Crippen molar-refractivity contribution in [2.75, 3.05) is 0 Å². The monoisotopic (exact) mass is 175 g/mol. The predicted molar refractivity (Wildman–Crippen MR) is 50.4 cm³/mol. The molecule has 0 unspecified atom stereocenters. The fourth-order valence-corrected chi connectivity index (χ4v) is 1.34. The topological polar surface area (TPSA) is 56.2 Å². The van der Waals surface area contributed by atoms with Gasteiger partial charge in [0.2, 0.25) is 0 Å². The first-order chi connectivity index (χ1) is 6.31. The number of hydrogen-bond donors (Lipinski definition) is 1. The molecule has 2 rings (SSSR count). The Morgan fingerprint density at radius 2 is 2.08 bits per heavy atom. The summed E-state index contributed by atoms with van der Waals surface area (Å²) in [6.45, 7) is 0.449. The summed E-state index contributed by atoms with van der Waals surface area (Å²) >= 11 is 0. The average molecular weight is 175 g/mol. The molecular formula is C10H9NO2. The molecule has 0 saturated carbocycles. The van der Waals surface area contributed by atoms with Gasteiger partial charge in [0.25, 0.3) is 0 Å². The van der Waals surface area contributed by atoms with Crippen LogP contribution >= 0.6 is 0 Å². The summed E-state index contributed by atoms with van der Waals surface area (Å²) in [4.78, 5) is 10.9. The standard InChI is InChI=1S/C10H9NO2/c11-6-7-2-1-3-9-8(7)4-5-10(12)13-9/h1-5H,6,11H2. The molecule has 2 N–H and O–H groups in total. The van der Waals surface area contributed by atoms with Crippen LogP contribution in [0.3, 0.4) is 0 Å². The smallest absolute Gasteiger partial charge is 0.336 e. The fourth-order valence-electron chi connectivity index (χ4n) is 1.34. The summed E-state index contributed by atoms with van der Waals surface area (Å²) in [6.07, 6.45) is 0. The lowest BCUT2D eigenvalue weighted by Crippen LogP contribution is -1.99. The Hall–Kier alpha value is -1.61. The molecule has 3 heteroatoms. The zero-order valence-corrected chi connectivity index (χ0v) is 6.99. The molecule has 0 radical (unpaired) electrons. The number of benzene rings is 1. The van der Waals surface area contributed by atoms with E-state index in [1.54, 1.807) is 12.1 Å². The van der Waals surface area contributed by atoms with E-state index >= 15 is 0 Å². The summed E-state index contributed by atoms with van der Waals surface area (Å²) < 4.78 is 4.99. The van der Waals surface area contributed by atoms with Crippen LogP contribution in [0.15, 0.2) is 39.5 Å². The Bertz CT molecular complexity index is 487. The van der Waals surface area contributed by atoms with Crippen LogP contribution in [0, 0.1) is 0 Å². The Morgan fingerprint density at radius 3 is 2.85 bits per heavy atom. The van der Waals surface area contributed by atoms with E-state index in [-0.39, 0.29) is 5.63 Å². The molecule has 0 aliphatic heterocycles. The van der Waals surface area contributed by atoms with Crippen LogP contribution in [0.1, 0.15) is 5.56 Å². The van der Waals surface area contributed by atoms with Crippen molar-refractivity contribution in [2.45, 2.75) is 6.54 Å². The van der Waals surface area contributed by atoms with Gasteiger partial charge in [-0.25, -0.2) is 4.79 Å². The van der Waals surface area contributed by atoms with Crippen LogP contribution < -0.4 is 11.4 Å². The number of rotatable bonds is 1. The molecule has 0 bridgehead atoms. The summed E-state index contributed by atoms with van der Waals surface area (Å²) in [5.41, 5.74) is 6.78. The molecule has 1 heterocycles. The van der Waals surface area contributed by atoms with Gasteiger partial charge in [0, 0.05) is 18.0 Å². The molecule has 0 atom stereocenters. The molecule has 0 fully saturated rings. The first-order valence-electron chi connectivity index (χ1n) is 4.03. The van der Waals surface area contributed by atoms with E-state index < -0.39 is 0 Å². The van der Waals surface area contributed by atoms with Gasteiger partial charge >= 0.3 is 5.63 Å². The van der Waals surface area contributed by atoms with Crippen molar-refractivity contribution in [3.63, 3.8) is 0 Å². The van der Waals surface area contributed by atoms with Crippen LogP contribution in [-0.4, -0.2) is 0 Å². The minimum Gasteiger partial charge on any atom is -0.423 e. The lowest BCUT2D eigenvalue weighted by molar-refractivity contribution is 0.560. The summed E-state index contributed by atoms with van der Waals surface area (Å²) in [5, 5.41) is 0.907. The molecule has 2 aromatic rings. The van der Waals surface area contributed by atoms with Crippen molar-refractivity contribution in [1.29, 1.82) is 0 Å². The van der Waals surface area contributed by atoms with Gasteiger partial charge in [-0.05, 0) is 17.7 Å². The maximum Gasteiger partial charge on any atom is 0.336 e. The first-order valence-corrected chi connectivity index (χ1v) is 4.03. The second-order valence-corrected chi connectivity index (χ2v) is 2.79. The van der Waals surface area contributed by atoms with Crippen LogP contribution in [-0.2, 0) is 6.54 Å². The maximum absolute atomic E-state index is 10.9. The van der Waals surface area contributed by atoms with E-state index in [0.29, 0.717) is 12.1 Å². The van der Waals surface area contributed by atoms with E-state index in [1.807, 2.05) is 12.1 Å². The van der Waals surface area contributed by atoms with Gasteiger partial charge in [0.05, 0.1) is 0 Å². The third-order valence-corrected chi connectivity index (χ3v) is 1.97. The van der Waals surface area contributed by atoms with Crippen LogP contribution in [0.25, 0.3) is 11.0 Å². The molecule has 0 amide bonds. The maximum atomic E-state index is 10.9. The molecule has 1 aromatic heterocycles. The zero-order valence-electron chi connectivity index (χ0n) is 6.99. The number of hydrogen-bond acceptors (Lipinski definition) is 3. The van der Waals surface area contributed by atoms with Gasteiger partial charge in [-0.1, -0.05) is 12.1 Å². The van der Waals surface area contributed by atoms with Crippen molar-refractivity contribution in [3.8, 4) is 0 Å². The Balaban J connectivity index is 2.85. The summed E-state index contributed by atoms with van der Waals surface area (Å²) in [5.74, 6) is 0. The lowest BCUT2D eigenvalue weighted by Gasteiger charge is -2.00. The molecule has 13 heavy (non-hydrogen) atoms. The quantitative estimate of drug-likeness (QED) is 0.663. The Labute approximate surface area is 74.8 Å². The zero-order chi connectivity index (χ0) is 9.26. The highest BCUT2D eigenvalue weighted by Gasteiger charge is 2.00. The van der Waals surface area contributed by atoms with Gasteiger partial charge in [-0.3, -0.25) is 0 Å². The normalized spacial score (nSPS) is 10.5. The highest BCUT2D eigenvalue weighted by Crippen LogP contribution is 2.15. The lowest BCUT2D eigenvalue weighted by atomic mass is 10.1. The van der Waals surface area contributed by atoms with Gasteiger partial charge in [0.15, 0.2) is 0 Å². The molecule has 0 spiro atoms. The highest BCUT2D eigenvalue weighted by atomic mass is 16.4. The third kappa shape index (κ3) is 1.34. The minimum atomic E-state index is -0.332. The van der Waals surface area contributed by atoms with Crippen molar-refractivity contribution < 1.29 is 4.42 Å². The van der Waals surface area contributed by atoms with Crippen molar-refractivity contribution in [3.05, 3.63) is 46.3 Å².